The van der Waals surface area contributed by atoms with Gasteiger partial charge in [0.05, 0.1) is 6.04 Å². The molecule has 2 atom stereocenters. The lowest BCUT2D eigenvalue weighted by Crippen LogP contribution is -2.49. The first kappa shape index (κ1) is 15.5. The maximum absolute atomic E-state index is 12.1. The zero-order valence-electron chi connectivity index (χ0n) is 12.8. The number of benzene rings is 2. The molecule has 1 amide bonds. The SMILES string of the molecule is O=C(O)[C@H](Cc1ccc2ccccc2c1)NC(=O)[C@@H]1CCCN1. The molecule has 120 valence electrons. The van der Waals surface area contributed by atoms with Crippen molar-refractivity contribution in [3.63, 3.8) is 0 Å². The van der Waals surface area contributed by atoms with Crippen LogP contribution in [0.2, 0.25) is 0 Å². The Morgan fingerprint density at radius 1 is 1.22 bits per heavy atom. The van der Waals surface area contributed by atoms with Crippen molar-refractivity contribution in [2.75, 3.05) is 6.54 Å². The Morgan fingerprint density at radius 3 is 2.70 bits per heavy atom. The number of amides is 1. The fourth-order valence-electron chi connectivity index (χ4n) is 2.98. The monoisotopic (exact) mass is 312 g/mol. The van der Waals surface area contributed by atoms with Crippen LogP contribution in [0.3, 0.4) is 0 Å². The molecule has 1 aliphatic heterocycles. The van der Waals surface area contributed by atoms with Gasteiger partial charge in [-0.3, -0.25) is 4.79 Å². The summed E-state index contributed by atoms with van der Waals surface area (Å²) in [4.78, 5) is 23.6. The quantitative estimate of drug-likeness (QED) is 0.785. The molecule has 0 aromatic heterocycles. The molecule has 0 saturated carbocycles. The van der Waals surface area contributed by atoms with Crippen molar-refractivity contribution in [1.82, 2.24) is 10.6 Å². The van der Waals surface area contributed by atoms with Gasteiger partial charge in [-0.25, -0.2) is 4.79 Å². The van der Waals surface area contributed by atoms with Gasteiger partial charge in [-0.1, -0.05) is 42.5 Å². The third kappa shape index (κ3) is 3.68. The fourth-order valence-corrected chi connectivity index (χ4v) is 2.98. The fraction of sp³-hybridized carbons (Fsp3) is 0.333. The Labute approximate surface area is 134 Å². The van der Waals surface area contributed by atoms with E-state index >= 15 is 0 Å². The Kier molecular flexibility index (Phi) is 4.57. The highest BCUT2D eigenvalue weighted by Gasteiger charge is 2.27. The van der Waals surface area contributed by atoms with E-state index in [-0.39, 0.29) is 18.4 Å². The van der Waals surface area contributed by atoms with Crippen molar-refractivity contribution >= 4 is 22.6 Å². The maximum atomic E-state index is 12.1. The summed E-state index contributed by atoms with van der Waals surface area (Å²) in [7, 11) is 0. The van der Waals surface area contributed by atoms with Crippen LogP contribution >= 0.6 is 0 Å². The first-order valence-corrected chi connectivity index (χ1v) is 7.88. The van der Waals surface area contributed by atoms with Gasteiger partial charge >= 0.3 is 5.97 Å². The average molecular weight is 312 g/mol. The predicted molar refractivity (Wildman–Crippen MR) is 88.2 cm³/mol. The van der Waals surface area contributed by atoms with Crippen LogP contribution in [0, 0.1) is 0 Å². The lowest BCUT2D eigenvalue weighted by atomic mass is 10.0. The Bertz CT molecular complexity index is 723. The topological polar surface area (TPSA) is 78.4 Å². The van der Waals surface area contributed by atoms with Gasteiger partial charge in [-0.15, -0.1) is 0 Å². The van der Waals surface area contributed by atoms with Gasteiger partial charge in [0.2, 0.25) is 5.91 Å². The summed E-state index contributed by atoms with van der Waals surface area (Å²) in [5.41, 5.74) is 0.899. The van der Waals surface area contributed by atoms with Crippen LogP contribution in [0.5, 0.6) is 0 Å². The number of rotatable bonds is 5. The van der Waals surface area contributed by atoms with E-state index in [2.05, 4.69) is 10.6 Å². The van der Waals surface area contributed by atoms with E-state index < -0.39 is 12.0 Å². The third-order valence-electron chi connectivity index (χ3n) is 4.25. The predicted octanol–water partition coefficient (Wildman–Crippen LogP) is 1.70. The summed E-state index contributed by atoms with van der Waals surface area (Å²) in [5.74, 6) is -1.24. The molecule has 5 heteroatoms. The van der Waals surface area contributed by atoms with Crippen LogP contribution in [0.15, 0.2) is 42.5 Å². The highest BCUT2D eigenvalue weighted by atomic mass is 16.4. The van der Waals surface area contributed by atoms with Gasteiger partial charge < -0.3 is 15.7 Å². The standard InChI is InChI=1S/C18H20N2O3/c21-17(15-6-3-9-19-15)20-16(18(22)23)11-12-7-8-13-4-1-2-5-14(13)10-12/h1-2,4-5,7-8,10,15-16,19H,3,6,9,11H2,(H,20,21)(H,22,23)/t15-,16-/m0/s1. The second-order valence-corrected chi connectivity index (χ2v) is 5.93. The lowest BCUT2D eigenvalue weighted by Gasteiger charge is -2.18. The number of hydrogen-bond donors (Lipinski definition) is 3. The molecular formula is C18H20N2O3. The van der Waals surface area contributed by atoms with Crippen LogP contribution in [-0.2, 0) is 16.0 Å². The maximum Gasteiger partial charge on any atom is 0.326 e. The normalized spacial score (nSPS) is 18.7. The molecule has 1 aliphatic rings. The van der Waals surface area contributed by atoms with E-state index in [1.54, 1.807) is 0 Å². The molecule has 1 fully saturated rings. The van der Waals surface area contributed by atoms with E-state index in [9.17, 15) is 14.7 Å². The summed E-state index contributed by atoms with van der Waals surface area (Å²) in [6.07, 6.45) is 1.98. The first-order chi connectivity index (χ1) is 11.1. The van der Waals surface area contributed by atoms with E-state index in [0.717, 1.165) is 35.7 Å². The summed E-state index contributed by atoms with van der Waals surface area (Å²) < 4.78 is 0. The van der Waals surface area contributed by atoms with Crippen molar-refractivity contribution in [2.45, 2.75) is 31.3 Å². The molecule has 2 aromatic rings. The number of aliphatic carboxylic acids is 1. The van der Waals surface area contributed by atoms with Gasteiger partial charge in [0.25, 0.3) is 0 Å². The number of carbonyl (C=O) groups is 2. The summed E-state index contributed by atoms with van der Waals surface area (Å²) in [5, 5.41) is 17.3. The molecule has 0 unspecified atom stereocenters. The first-order valence-electron chi connectivity index (χ1n) is 7.88. The number of hydrogen-bond acceptors (Lipinski definition) is 3. The van der Waals surface area contributed by atoms with Crippen LogP contribution in [0.1, 0.15) is 18.4 Å². The molecule has 3 rings (SSSR count). The Hall–Kier alpha value is -2.40. The smallest absolute Gasteiger partial charge is 0.326 e. The number of fused-ring (bicyclic) bond motifs is 1. The molecule has 0 spiro atoms. The molecule has 1 saturated heterocycles. The molecule has 0 bridgehead atoms. The molecule has 23 heavy (non-hydrogen) atoms. The summed E-state index contributed by atoms with van der Waals surface area (Å²) in [6.45, 7) is 0.806. The lowest BCUT2D eigenvalue weighted by molar-refractivity contribution is -0.142. The van der Waals surface area contributed by atoms with Crippen molar-refractivity contribution in [2.24, 2.45) is 0 Å². The molecule has 2 aromatic carbocycles. The molecule has 5 nitrogen and oxygen atoms in total. The summed E-state index contributed by atoms with van der Waals surface area (Å²) in [6, 6.07) is 12.6. The number of carboxylic acids is 1. The van der Waals surface area contributed by atoms with Gasteiger partial charge in [0.1, 0.15) is 6.04 Å². The molecular weight excluding hydrogens is 292 g/mol. The zero-order chi connectivity index (χ0) is 16.2. The van der Waals surface area contributed by atoms with Crippen molar-refractivity contribution in [1.29, 1.82) is 0 Å². The third-order valence-corrected chi connectivity index (χ3v) is 4.25. The van der Waals surface area contributed by atoms with E-state index in [1.807, 2.05) is 42.5 Å². The van der Waals surface area contributed by atoms with Crippen LogP contribution in [-0.4, -0.2) is 35.6 Å². The molecule has 1 heterocycles. The minimum Gasteiger partial charge on any atom is -0.480 e. The van der Waals surface area contributed by atoms with E-state index in [4.69, 9.17) is 0 Å². The van der Waals surface area contributed by atoms with Gasteiger partial charge in [-0.2, -0.15) is 0 Å². The number of carboxylic acid groups (broad SMARTS) is 1. The average Bonchev–Trinajstić information content (AvgIpc) is 3.08. The number of nitrogens with one attached hydrogen (secondary N) is 2. The van der Waals surface area contributed by atoms with Crippen LogP contribution in [0.25, 0.3) is 10.8 Å². The highest BCUT2D eigenvalue weighted by molar-refractivity contribution is 5.87. The van der Waals surface area contributed by atoms with Crippen LogP contribution in [0.4, 0.5) is 0 Å². The zero-order valence-corrected chi connectivity index (χ0v) is 12.8. The Morgan fingerprint density at radius 2 is 2.00 bits per heavy atom. The van der Waals surface area contributed by atoms with Gasteiger partial charge in [0.15, 0.2) is 0 Å². The van der Waals surface area contributed by atoms with Crippen molar-refractivity contribution < 1.29 is 14.7 Å². The van der Waals surface area contributed by atoms with E-state index in [1.165, 1.54) is 0 Å². The van der Waals surface area contributed by atoms with Crippen LogP contribution < -0.4 is 10.6 Å². The van der Waals surface area contributed by atoms with E-state index in [0.29, 0.717) is 0 Å². The van der Waals surface area contributed by atoms with Crippen molar-refractivity contribution in [3.05, 3.63) is 48.0 Å². The minimum absolute atomic E-state index is 0.226. The second kappa shape index (κ2) is 6.79. The minimum atomic E-state index is -1.01. The Balaban J connectivity index is 1.72. The highest BCUT2D eigenvalue weighted by Crippen LogP contribution is 2.17. The molecule has 0 aliphatic carbocycles. The van der Waals surface area contributed by atoms with Crippen molar-refractivity contribution in [3.8, 4) is 0 Å². The second-order valence-electron chi connectivity index (χ2n) is 5.93. The van der Waals surface area contributed by atoms with Gasteiger partial charge in [-0.05, 0) is 35.7 Å². The largest absolute Gasteiger partial charge is 0.480 e. The molecule has 3 N–H and O–H groups in total. The van der Waals surface area contributed by atoms with Gasteiger partial charge in [0, 0.05) is 6.42 Å². The summed E-state index contributed by atoms with van der Waals surface area (Å²) >= 11 is 0. The molecule has 0 radical (unpaired) electrons. The number of carbonyl (C=O) groups excluding carboxylic acids is 1.